The van der Waals surface area contributed by atoms with Crippen molar-refractivity contribution in [3.05, 3.63) is 34.6 Å². The number of hydrogen-bond donors (Lipinski definition) is 1. The molecule has 0 bridgehead atoms. The van der Waals surface area contributed by atoms with Gasteiger partial charge in [0.25, 0.3) is 0 Å². The molecule has 0 aliphatic heterocycles. The molecule has 1 saturated carbocycles. The summed E-state index contributed by atoms with van der Waals surface area (Å²) < 4.78 is 13.5. The second-order valence-corrected chi connectivity index (χ2v) is 7.26. The smallest absolute Gasteiger partial charge is 0.142 e. The van der Waals surface area contributed by atoms with Crippen molar-refractivity contribution in [2.45, 2.75) is 52.0 Å². The fourth-order valence-electron chi connectivity index (χ4n) is 3.25. The minimum atomic E-state index is -0.316. The van der Waals surface area contributed by atoms with E-state index in [1.807, 2.05) is 13.1 Å². The normalized spacial score (nSPS) is 20.9. The van der Waals surface area contributed by atoms with Crippen LogP contribution in [0.4, 0.5) is 4.39 Å². The first-order valence-electron chi connectivity index (χ1n) is 7.52. The minimum absolute atomic E-state index is 0.203. The third kappa shape index (κ3) is 3.95. The summed E-state index contributed by atoms with van der Waals surface area (Å²) >= 11 is 5.74. The molecule has 1 aromatic rings. The summed E-state index contributed by atoms with van der Waals surface area (Å²) in [5, 5.41) is 3.63. The second-order valence-electron chi connectivity index (χ2n) is 6.85. The van der Waals surface area contributed by atoms with Gasteiger partial charge in [-0.25, -0.2) is 4.39 Å². The highest BCUT2D eigenvalue weighted by atomic mass is 35.5. The van der Waals surface area contributed by atoms with E-state index in [2.05, 4.69) is 19.2 Å². The Hall–Kier alpha value is -0.600. The highest BCUT2D eigenvalue weighted by Gasteiger charge is 2.30. The molecule has 1 aromatic carbocycles. The largest absolute Gasteiger partial charge is 0.316 e. The lowest BCUT2D eigenvalue weighted by molar-refractivity contribution is 0.163. The van der Waals surface area contributed by atoms with Gasteiger partial charge in [0.15, 0.2) is 0 Å². The molecule has 1 N–H and O–H groups in total. The summed E-state index contributed by atoms with van der Waals surface area (Å²) in [5.74, 6) is 0.371. The Morgan fingerprint density at radius 1 is 1.35 bits per heavy atom. The Morgan fingerprint density at radius 2 is 2.00 bits per heavy atom. The highest BCUT2D eigenvalue weighted by molar-refractivity contribution is 6.30. The molecule has 0 saturated heterocycles. The predicted octanol–water partition coefficient (Wildman–Crippen LogP) is 4.83. The van der Waals surface area contributed by atoms with E-state index >= 15 is 0 Å². The average Bonchev–Trinajstić information content (AvgIpc) is 2.40. The van der Waals surface area contributed by atoms with Crippen LogP contribution in [0.15, 0.2) is 18.2 Å². The summed E-state index contributed by atoms with van der Waals surface area (Å²) in [7, 11) is 2.01. The van der Waals surface area contributed by atoms with Crippen LogP contribution in [-0.4, -0.2) is 13.1 Å². The summed E-state index contributed by atoms with van der Waals surface area (Å²) in [6.45, 7) is 4.71. The van der Waals surface area contributed by atoms with Crippen LogP contribution >= 0.6 is 11.6 Å². The van der Waals surface area contributed by atoms with Gasteiger partial charge in [-0.3, -0.25) is 0 Å². The van der Waals surface area contributed by atoms with Crippen LogP contribution in [0.5, 0.6) is 0 Å². The van der Waals surface area contributed by atoms with Crippen molar-refractivity contribution >= 4 is 11.6 Å². The van der Waals surface area contributed by atoms with Crippen molar-refractivity contribution < 1.29 is 4.39 Å². The Kier molecular flexibility index (Phi) is 5.09. The van der Waals surface area contributed by atoms with E-state index in [0.29, 0.717) is 17.4 Å². The zero-order valence-corrected chi connectivity index (χ0v) is 13.4. The van der Waals surface area contributed by atoms with Crippen LogP contribution in [-0.2, 0) is 6.42 Å². The quantitative estimate of drug-likeness (QED) is 0.839. The number of nitrogens with one attached hydrogen (secondary N) is 1. The first-order valence-corrected chi connectivity index (χ1v) is 7.90. The Bertz CT molecular complexity index is 448. The molecule has 0 heterocycles. The van der Waals surface area contributed by atoms with Crippen LogP contribution in [0.25, 0.3) is 0 Å². The molecule has 0 spiro atoms. The number of hydrogen-bond acceptors (Lipinski definition) is 1. The Balaban J connectivity index is 2.00. The maximum Gasteiger partial charge on any atom is 0.142 e. The summed E-state index contributed by atoms with van der Waals surface area (Å²) in [4.78, 5) is 0. The molecule has 1 nitrogen and oxygen atoms in total. The van der Waals surface area contributed by atoms with E-state index in [1.54, 1.807) is 12.1 Å². The van der Waals surface area contributed by atoms with E-state index < -0.39 is 0 Å². The molecule has 1 aliphatic rings. The topological polar surface area (TPSA) is 12.0 Å². The zero-order valence-electron chi connectivity index (χ0n) is 12.7. The number of likely N-dealkylation sites (N-methyl/N-ethyl adjacent to an activating group) is 1. The standard InChI is InChI=1S/C17H25ClFN/c1-17(2)8-6-13(7-9-17)16(20-3)11-12-4-5-14(18)15(19)10-12/h4-5,10,13,16,20H,6-9,11H2,1-3H3. The van der Waals surface area contributed by atoms with Crippen molar-refractivity contribution in [2.24, 2.45) is 11.3 Å². The van der Waals surface area contributed by atoms with Crippen molar-refractivity contribution in [1.82, 2.24) is 5.32 Å². The van der Waals surface area contributed by atoms with E-state index in [0.717, 1.165) is 12.0 Å². The third-order valence-electron chi connectivity index (χ3n) is 4.76. The highest BCUT2D eigenvalue weighted by Crippen LogP contribution is 2.39. The van der Waals surface area contributed by atoms with E-state index in [9.17, 15) is 4.39 Å². The van der Waals surface area contributed by atoms with Crippen molar-refractivity contribution in [2.75, 3.05) is 7.05 Å². The monoisotopic (exact) mass is 297 g/mol. The molecule has 2 rings (SSSR count). The van der Waals surface area contributed by atoms with Gasteiger partial charge >= 0.3 is 0 Å². The van der Waals surface area contributed by atoms with Gasteiger partial charge in [0.2, 0.25) is 0 Å². The van der Waals surface area contributed by atoms with Crippen LogP contribution in [0.2, 0.25) is 5.02 Å². The molecule has 0 aromatic heterocycles. The zero-order chi connectivity index (χ0) is 14.8. The molecular formula is C17H25ClFN. The Labute approximate surface area is 126 Å². The maximum atomic E-state index is 13.5. The molecule has 112 valence electrons. The van der Waals surface area contributed by atoms with Gasteiger partial charge in [-0.15, -0.1) is 0 Å². The molecule has 0 amide bonds. The SMILES string of the molecule is CNC(Cc1ccc(Cl)c(F)c1)C1CCC(C)(C)CC1. The lowest BCUT2D eigenvalue weighted by atomic mass is 9.70. The predicted molar refractivity (Wildman–Crippen MR) is 83.7 cm³/mol. The molecule has 0 radical (unpaired) electrons. The number of rotatable bonds is 4. The van der Waals surface area contributed by atoms with Gasteiger partial charge in [-0.05, 0) is 68.2 Å². The van der Waals surface area contributed by atoms with Crippen molar-refractivity contribution in [3.63, 3.8) is 0 Å². The fourth-order valence-corrected chi connectivity index (χ4v) is 3.37. The molecule has 1 aliphatic carbocycles. The molecular weight excluding hydrogens is 273 g/mol. The second kappa shape index (κ2) is 6.44. The van der Waals surface area contributed by atoms with Crippen LogP contribution < -0.4 is 5.32 Å². The van der Waals surface area contributed by atoms with Crippen molar-refractivity contribution in [3.8, 4) is 0 Å². The maximum absolute atomic E-state index is 13.5. The average molecular weight is 298 g/mol. The number of benzene rings is 1. The minimum Gasteiger partial charge on any atom is -0.316 e. The first-order chi connectivity index (χ1) is 9.41. The lowest BCUT2D eigenvalue weighted by Crippen LogP contribution is -2.38. The van der Waals surface area contributed by atoms with Gasteiger partial charge in [-0.2, -0.15) is 0 Å². The molecule has 1 fully saturated rings. The molecule has 1 atom stereocenters. The van der Waals surface area contributed by atoms with Crippen LogP contribution in [0.3, 0.4) is 0 Å². The van der Waals surface area contributed by atoms with E-state index in [4.69, 9.17) is 11.6 Å². The van der Waals surface area contributed by atoms with Crippen molar-refractivity contribution in [1.29, 1.82) is 0 Å². The van der Waals surface area contributed by atoms with Gasteiger partial charge in [0.1, 0.15) is 5.82 Å². The summed E-state index contributed by atoms with van der Waals surface area (Å²) in [5.41, 5.74) is 1.51. The van der Waals surface area contributed by atoms with Gasteiger partial charge in [-0.1, -0.05) is 31.5 Å². The van der Waals surface area contributed by atoms with E-state index in [1.165, 1.54) is 25.7 Å². The van der Waals surface area contributed by atoms with Gasteiger partial charge in [0, 0.05) is 6.04 Å². The number of halogens is 2. The summed E-state index contributed by atoms with van der Waals surface area (Å²) in [6, 6.07) is 5.58. The summed E-state index contributed by atoms with van der Waals surface area (Å²) in [6.07, 6.45) is 5.95. The fraction of sp³-hybridized carbons (Fsp3) is 0.647. The van der Waals surface area contributed by atoms with Gasteiger partial charge < -0.3 is 5.32 Å². The van der Waals surface area contributed by atoms with Gasteiger partial charge in [0.05, 0.1) is 5.02 Å². The molecule has 3 heteroatoms. The molecule has 20 heavy (non-hydrogen) atoms. The lowest BCUT2D eigenvalue weighted by Gasteiger charge is -2.38. The first kappa shape index (κ1) is 15.8. The Morgan fingerprint density at radius 3 is 2.55 bits per heavy atom. The van der Waals surface area contributed by atoms with E-state index in [-0.39, 0.29) is 10.8 Å². The molecule has 1 unspecified atom stereocenters. The third-order valence-corrected chi connectivity index (χ3v) is 5.07. The van der Waals surface area contributed by atoms with Crippen LogP contribution in [0, 0.1) is 17.2 Å². The van der Waals surface area contributed by atoms with Crippen LogP contribution in [0.1, 0.15) is 45.1 Å².